The van der Waals surface area contributed by atoms with E-state index in [4.69, 9.17) is 4.74 Å². The molecule has 0 radical (unpaired) electrons. The third-order valence-corrected chi connectivity index (χ3v) is 2.79. The molecule has 2 rings (SSSR count). The lowest BCUT2D eigenvalue weighted by Gasteiger charge is -2.11. The number of rotatable bonds is 6. The average Bonchev–Trinajstić information content (AvgIpc) is 2.48. The normalized spacial score (nSPS) is 10.3. The van der Waals surface area contributed by atoms with E-state index in [-0.39, 0.29) is 29.4 Å². The van der Waals surface area contributed by atoms with Crippen molar-refractivity contribution in [3.63, 3.8) is 0 Å². The first-order valence-electron chi connectivity index (χ1n) is 7.17. The summed E-state index contributed by atoms with van der Waals surface area (Å²) in [6.07, 6.45) is 0.932. The lowest BCUT2D eigenvalue weighted by atomic mass is 10.2. The molecule has 1 aromatic heterocycles. The third kappa shape index (κ3) is 4.38. The van der Waals surface area contributed by atoms with Crippen molar-refractivity contribution in [2.24, 2.45) is 0 Å². The molecule has 0 fully saturated rings. The summed E-state index contributed by atoms with van der Waals surface area (Å²) >= 11 is 0. The minimum atomic E-state index is -0.592. The van der Waals surface area contributed by atoms with Gasteiger partial charge < -0.3 is 15.4 Å². The number of carbonyl (C=O) groups is 1. The standard InChI is InChI=1S/C15H17N5O4/c1-9(2)24-15-13(20(22)23)14(16-8-17-15)19-12-6-4-11(5-7-12)18-10(3)21/h4-9H,1-3H3,(H,18,21)(H,16,17,19). The summed E-state index contributed by atoms with van der Waals surface area (Å²) in [6, 6.07) is 6.67. The van der Waals surface area contributed by atoms with Crippen LogP contribution in [0.15, 0.2) is 30.6 Å². The summed E-state index contributed by atoms with van der Waals surface area (Å²) in [5.41, 5.74) is 0.854. The summed E-state index contributed by atoms with van der Waals surface area (Å²) < 4.78 is 5.37. The lowest BCUT2D eigenvalue weighted by molar-refractivity contribution is -0.385. The molecule has 9 heteroatoms. The van der Waals surface area contributed by atoms with Crippen LogP contribution in [0.2, 0.25) is 0 Å². The van der Waals surface area contributed by atoms with E-state index in [1.54, 1.807) is 38.1 Å². The van der Waals surface area contributed by atoms with Crippen LogP contribution in [0.25, 0.3) is 0 Å². The van der Waals surface area contributed by atoms with Gasteiger partial charge in [-0.25, -0.2) is 4.98 Å². The zero-order valence-electron chi connectivity index (χ0n) is 13.4. The van der Waals surface area contributed by atoms with Crippen LogP contribution in [0.3, 0.4) is 0 Å². The molecular formula is C15H17N5O4. The molecule has 0 aliphatic carbocycles. The molecule has 1 heterocycles. The van der Waals surface area contributed by atoms with E-state index < -0.39 is 4.92 Å². The predicted octanol–water partition coefficient (Wildman–Crippen LogP) is 2.87. The first-order valence-corrected chi connectivity index (χ1v) is 7.17. The highest BCUT2D eigenvalue weighted by molar-refractivity contribution is 5.88. The van der Waals surface area contributed by atoms with Gasteiger partial charge in [-0.3, -0.25) is 14.9 Å². The van der Waals surface area contributed by atoms with Crippen LogP contribution < -0.4 is 15.4 Å². The number of hydrogen-bond acceptors (Lipinski definition) is 7. The fraction of sp³-hybridized carbons (Fsp3) is 0.267. The molecule has 0 spiro atoms. The summed E-state index contributed by atoms with van der Waals surface area (Å²) in [4.78, 5) is 29.5. The van der Waals surface area contributed by atoms with Crippen LogP contribution in [0.4, 0.5) is 22.9 Å². The first-order chi connectivity index (χ1) is 11.4. The highest BCUT2D eigenvalue weighted by atomic mass is 16.6. The van der Waals surface area contributed by atoms with E-state index in [0.29, 0.717) is 11.4 Å². The van der Waals surface area contributed by atoms with Gasteiger partial charge in [0.1, 0.15) is 6.33 Å². The second-order valence-electron chi connectivity index (χ2n) is 5.18. The summed E-state index contributed by atoms with van der Waals surface area (Å²) in [5.74, 6) is -0.252. The van der Waals surface area contributed by atoms with E-state index in [0.717, 1.165) is 0 Å². The smallest absolute Gasteiger partial charge is 0.373 e. The fourth-order valence-electron chi connectivity index (χ4n) is 1.91. The number of amides is 1. The number of nitro groups is 1. The Bertz CT molecular complexity index is 746. The van der Waals surface area contributed by atoms with Crippen molar-refractivity contribution in [2.45, 2.75) is 26.9 Å². The summed E-state index contributed by atoms with van der Waals surface area (Å²) in [5, 5.41) is 16.8. The Kier molecular flexibility index (Phi) is 5.25. The van der Waals surface area contributed by atoms with E-state index in [1.165, 1.54) is 13.3 Å². The van der Waals surface area contributed by atoms with Gasteiger partial charge in [0.15, 0.2) is 0 Å². The van der Waals surface area contributed by atoms with Gasteiger partial charge in [-0.2, -0.15) is 4.98 Å². The summed E-state index contributed by atoms with van der Waals surface area (Å²) in [7, 11) is 0. The van der Waals surface area contributed by atoms with Gasteiger partial charge in [-0.05, 0) is 38.1 Å². The van der Waals surface area contributed by atoms with Gasteiger partial charge >= 0.3 is 5.69 Å². The number of nitrogens with one attached hydrogen (secondary N) is 2. The Balaban J connectivity index is 2.28. The molecule has 1 aromatic carbocycles. The van der Waals surface area contributed by atoms with E-state index in [1.807, 2.05) is 0 Å². The molecule has 0 saturated carbocycles. The maximum absolute atomic E-state index is 11.3. The number of ether oxygens (including phenoxy) is 1. The van der Waals surface area contributed by atoms with Gasteiger partial charge in [0.25, 0.3) is 5.88 Å². The third-order valence-electron chi connectivity index (χ3n) is 2.79. The van der Waals surface area contributed by atoms with Gasteiger partial charge in [-0.1, -0.05) is 0 Å². The van der Waals surface area contributed by atoms with Crippen LogP contribution in [0, 0.1) is 10.1 Å². The number of nitrogens with zero attached hydrogens (tertiary/aromatic N) is 3. The van der Waals surface area contributed by atoms with Crippen molar-refractivity contribution < 1.29 is 14.5 Å². The molecular weight excluding hydrogens is 314 g/mol. The van der Waals surface area contributed by atoms with Gasteiger partial charge in [0.2, 0.25) is 11.7 Å². The molecule has 0 aliphatic heterocycles. The number of anilines is 3. The monoisotopic (exact) mass is 331 g/mol. The van der Waals surface area contributed by atoms with Crippen LogP contribution in [-0.4, -0.2) is 26.9 Å². The van der Waals surface area contributed by atoms with Crippen molar-refractivity contribution in [1.82, 2.24) is 9.97 Å². The zero-order valence-corrected chi connectivity index (χ0v) is 13.4. The Labute approximate surface area is 138 Å². The SMILES string of the molecule is CC(=O)Nc1ccc(Nc2ncnc(OC(C)C)c2[N+](=O)[O-])cc1. The molecule has 0 atom stereocenters. The van der Waals surface area contributed by atoms with Crippen molar-refractivity contribution in [3.05, 3.63) is 40.7 Å². The van der Waals surface area contributed by atoms with Gasteiger partial charge in [0, 0.05) is 18.3 Å². The number of aromatic nitrogens is 2. The molecule has 0 unspecified atom stereocenters. The van der Waals surface area contributed by atoms with Crippen LogP contribution in [0.5, 0.6) is 5.88 Å². The predicted molar refractivity (Wildman–Crippen MR) is 88.5 cm³/mol. The molecule has 1 amide bonds. The minimum Gasteiger partial charge on any atom is -0.470 e. The van der Waals surface area contributed by atoms with Crippen molar-refractivity contribution in [1.29, 1.82) is 0 Å². The number of benzene rings is 1. The number of hydrogen-bond donors (Lipinski definition) is 2. The van der Waals surface area contributed by atoms with E-state index in [2.05, 4.69) is 20.6 Å². The van der Waals surface area contributed by atoms with Crippen LogP contribution in [0.1, 0.15) is 20.8 Å². The second kappa shape index (κ2) is 7.36. The molecule has 0 saturated heterocycles. The zero-order chi connectivity index (χ0) is 17.7. The Morgan fingerprint density at radius 2 is 1.83 bits per heavy atom. The van der Waals surface area contributed by atoms with Gasteiger partial charge in [0.05, 0.1) is 11.0 Å². The van der Waals surface area contributed by atoms with Gasteiger partial charge in [-0.15, -0.1) is 0 Å². The quantitative estimate of drug-likeness (QED) is 0.617. The topological polar surface area (TPSA) is 119 Å². The molecule has 0 aliphatic rings. The Morgan fingerprint density at radius 3 is 2.38 bits per heavy atom. The fourth-order valence-corrected chi connectivity index (χ4v) is 1.91. The maximum Gasteiger partial charge on any atom is 0.373 e. The largest absolute Gasteiger partial charge is 0.470 e. The lowest BCUT2D eigenvalue weighted by Crippen LogP contribution is -2.11. The van der Waals surface area contributed by atoms with Crippen molar-refractivity contribution in [3.8, 4) is 5.88 Å². The first kappa shape index (κ1) is 17.1. The van der Waals surface area contributed by atoms with Crippen LogP contribution >= 0.6 is 0 Å². The summed E-state index contributed by atoms with van der Waals surface area (Å²) in [6.45, 7) is 4.91. The second-order valence-corrected chi connectivity index (χ2v) is 5.18. The van der Waals surface area contributed by atoms with E-state index >= 15 is 0 Å². The highest BCUT2D eigenvalue weighted by Gasteiger charge is 2.25. The number of carbonyl (C=O) groups excluding carboxylic acids is 1. The molecule has 9 nitrogen and oxygen atoms in total. The molecule has 24 heavy (non-hydrogen) atoms. The average molecular weight is 331 g/mol. The molecule has 2 aromatic rings. The van der Waals surface area contributed by atoms with Crippen molar-refractivity contribution >= 4 is 28.8 Å². The van der Waals surface area contributed by atoms with E-state index in [9.17, 15) is 14.9 Å². The Morgan fingerprint density at radius 1 is 1.21 bits per heavy atom. The molecule has 0 bridgehead atoms. The Hall–Kier alpha value is -3.23. The molecule has 126 valence electrons. The minimum absolute atomic E-state index is 0.0259. The van der Waals surface area contributed by atoms with Crippen LogP contribution in [-0.2, 0) is 4.79 Å². The highest BCUT2D eigenvalue weighted by Crippen LogP contribution is 2.33. The van der Waals surface area contributed by atoms with Crippen molar-refractivity contribution in [2.75, 3.05) is 10.6 Å². The molecule has 2 N–H and O–H groups in total. The maximum atomic E-state index is 11.3.